The second kappa shape index (κ2) is 8.24. The van der Waals surface area contributed by atoms with Crippen LogP contribution in [0.5, 0.6) is 0 Å². The molecular weight excluding hydrogens is 370 g/mol. The first-order valence-corrected chi connectivity index (χ1v) is 9.37. The van der Waals surface area contributed by atoms with Gasteiger partial charge in [-0.05, 0) is 42.8 Å². The maximum absolute atomic E-state index is 12.8. The minimum Gasteiger partial charge on any atom is -0.378 e. The van der Waals surface area contributed by atoms with Crippen LogP contribution in [0.25, 0.3) is 5.82 Å². The molecule has 1 saturated heterocycles. The number of aromatic nitrogens is 3. The third kappa shape index (κ3) is 4.17. The van der Waals surface area contributed by atoms with Gasteiger partial charge in [0.05, 0.1) is 13.2 Å². The van der Waals surface area contributed by atoms with Crippen LogP contribution < -0.4 is 5.32 Å². The van der Waals surface area contributed by atoms with E-state index in [9.17, 15) is 9.59 Å². The molecule has 4 rings (SSSR count). The zero-order valence-electron chi connectivity index (χ0n) is 16.0. The summed E-state index contributed by atoms with van der Waals surface area (Å²) in [6.07, 6.45) is 4.97. The van der Waals surface area contributed by atoms with E-state index < -0.39 is 0 Å². The molecule has 0 spiro atoms. The van der Waals surface area contributed by atoms with E-state index in [1.54, 1.807) is 58.5 Å². The zero-order chi connectivity index (χ0) is 20.2. The average Bonchev–Trinajstić information content (AvgIpc) is 3.30. The van der Waals surface area contributed by atoms with Crippen molar-refractivity contribution in [3.63, 3.8) is 0 Å². The van der Waals surface area contributed by atoms with Crippen molar-refractivity contribution in [1.29, 1.82) is 0 Å². The number of hydrogen-bond acceptors (Lipinski definition) is 5. The number of rotatable bonds is 4. The normalized spacial score (nSPS) is 13.9. The molecule has 0 radical (unpaired) electrons. The molecule has 1 aromatic carbocycles. The Kier molecular flexibility index (Phi) is 5.35. The summed E-state index contributed by atoms with van der Waals surface area (Å²) in [7, 11) is 0. The molecule has 0 atom stereocenters. The maximum atomic E-state index is 12.8. The molecule has 1 aliphatic rings. The average molecular weight is 391 g/mol. The van der Waals surface area contributed by atoms with E-state index in [2.05, 4.69) is 15.4 Å². The second-order valence-corrected chi connectivity index (χ2v) is 6.74. The standard InChI is InChI=1S/C21H21N5O3/c1-15-3-4-17(14-18(15)21(28)25-9-11-29-12-10-25)24-20(27)16-5-7-22-19(13-16)26-8-2-6-23-26/h2-8,13-14H,9-12H2,1H3,(H,24,27). The Morgan fingerprint density at radius 1 is 1.10 bits per heavy atom. The quantitative estimate of drug-likeness (QED) is 0.737. The van der Waals surface area contributed by atoms with Gasteiger partial charge >= 0.3 is 0 Å². The number of amides is 2. The summed E-state index contributed by atoms with van der Waals surface area (Å²) < 4.78 is 6.90. The highest BCUT2D eigenvalue weighted by atomic mass is 16.5. The Balaban J connectivity index is 1.53. The first kappa shape index (κ1) is 18.8. The lowest BCUT2D eigenvalue weighted by Gasteiger charge is -2.27. The minimum absolute atomic E-state index is 0.0493. The van der Waals surface area contributed by atoms with Crippen LogP contribution in [0.1, 0.15) is 26.3 Å². The van der Waals surface area contributed by atoms with Gasteiger partial charge in [0, 0.05) is 48.5 Å². The Morgan fingerprint density at radius 2 is 1.93 bits per heavy atom. The summed E-state index contributed by atoms with van der Waals surface area (Å²) in [4.78, 5) is 31.6. The van der Waals surface area contributed by atoms with Gasteiger partial charge in [-0.25, -0.2) is 9.67 Å². The Hall–Kier alpha value is -3.52. The number of carbonyl (C=O) groups is 2. The summed E-state index contributed by atoms with van der Waals surface area (Å²) in [5.41, 5.74) is 2.46. The molecule has 0 bridgehead atoms. The zero-order valence-corrected chi connectivity index (χ0v) is 16.0. The van der Waals surface area contributed by atoms with E-state index in [1.165, 1.54) is 0 Å². The molecule has 0 saturated carbocycles. The lowest BCUT2D eigenvalue weighted by molar-refractivity contribution is 0.0302. The van der Waals surface area contributed by atoms with Crippen LogP contribution in [0, 0.1) is 6.92 Å². The second-order valence-electron chi connectivity index (χ2n) is 6.74. The van der Waals surface area contributed by atoms with Gasteiger partial charge < -0.3 is 15.0 Å². The van der Waals surface area contributed by atoms with E-state index in [4.69, 9.17) is 4.74 Å². The molecule has 0 unspecified atom stereocenters. The summed E-state index contributed by atoms with van der Waals surface area (Å²) >= 11 is 0. The van der Waals surface area contributed by atoms with Crippen molar-refractivity contribution >= 4 is 17.5 Å². The number of carbonyl (C=O) groups excluding carboxylic acids is 2. The largest absolute Gasteiger partial charge is 0.378 e. The van der Waals surface area contributed by atoms with Crippen molar-refractivity contribution in [3.05, 3.63) is 71.7 Å². The molecule has 148 valence electrons. The Labute approximate surface area is 168 Å². The molecule has 8 nitrogen and oxygen atoms in total. The number of pyridine rings is 1. The number of nitrogens with one attached hydrogen (secondary N) is 1. The summed E-state index contributed by atoms with van der Waals surface area (Å²) in [5.74, 6) is 0.218. The first-order valence-electron chi connectivity index (χ1n) is 9.37. The molecule has 2 amide bonds. The number of ether oxygens (including phenoxy) is 1. The van der Waals surface area contributed by atoms with Gasteiger partial charge in [0.2, 0.25) is 0 Å². The van der Waals surface area contributed by atoms with Gasteiger partial charge in [-0.1, -0.05) is 6.07 Å². The number of hydrogen-bond donors (Lipinski definition) is 1. The van der Waals surface area contributed by atoms with Crippen LogP contribution in [-0.4, -0.2) is 57.8 Å². The van der Waals surface area contributed by atoms with Crippen molar-refractivity contribution in [2.45, 2.75) is 6.92 Å². The summed E-state index contributed by atoms with van der Waals surface area (Å²) in [6.45, 7) is 4.12. The summed E-state index contributed by atoms with van der Waals surface area (Å²) in [6, 6.07) is 10.4. The van der Waals surface area contributed by atoms with E-state index in [0.29, 0.717) is 48.9 Å². The van der Waals surface area contributed by atoms with E-state index in [0.717, 1.165) is 5.56 Å². The number of nitrogens with zero attached hydrogens (tertiary/aromatic N) is 4. The molecule has 3 aromatic rings. The Bertz CT molecular complexity index is 1030. The summed E-state index contributed by atoms with van der Waals surface area (Å²) in [5, 5.41) is 6.99. The third-order valence-electron chi connectivity index (χ3n) is 4.77. The minimum atomic E-state index is -0.283. The van der Waals surface area contributed by atoms with Crippen molar-refractivity contribution in [2.24, 2.45) is 0 Å². The number of benzene rings is 1. The number of morpholine rings is 1. The maximum Gasteiger partial charge on any atom is 0.255 e. The van der Waals surface area contributed by atoms with Crippen molar-refractivity contribution < 1.29 is 14.3 Å². The van der Waals surface area contributed by atoms with Crippen LogP contribution in [0.2, 0.25) is 0 Å². The number of anilines is 1. The molecule has 0 aliphatic carbocycles. The SMILES string of the molecule is Cc1ccc(NC(=O)c2ccnc(-n3cccn3)c2)cc1C(=O)N1CCOCC1. The van der Waals surface area contributed by atoms with Crippen LogP contribution in [0.4, 0.5) is 5.69 Å². The van der Waals surface area contributed by atoms with E-state index in [1.807, 2.05) is 13.0 Å². The third-order valence-corrected chi connectivity index (χ3v) is 4.77. The number of aryl methyl sites for hydroxylation is 1. The highest BCUT2D eigenvalue weighted by Crippen LogP contribution is 2.19. The van der Waals surface area contributed by atoms with E-state index in [-0.39, 0.29) is 11.8 Å². The van der Waals surface area contributed by atoms with Crippen LogP contribution in [0.15, 0.2) is 55.0 Å². The predicted molar refractivity (Wildman–Crippen MR) is 107 cm³/mol. The molecule has 1 N–H and O–H groups in total. The first-order chi connectivity index (χ1) is 14.1. The molecule has 8 heteroatoms. The van der Waals surface area contributed by atoms with Gasteiger partial charge in [-0.3, -0.25) is 9.59 Å². The van der Waals surface area contributed by atoms with Crippen LogP contribution >= 0.6 is 0 Å². The van der Waals surface area contributed by atoms with E-state index >= 15 is 0 Å². The molecule has 29 heavy (non-hydrogen) atoms. The lowest BCUT2D eigenvalue weighted by atomic mass is 10.1. The van der Waals surface area contributed by atoms with Crippen molar-refractivity contribution in [1.82, 2.24) is 19.7 Å². The van der Waals surface area contributed by atoms with Crippen LogP contribution in [-0.2, 0) is 4.74 Å². The Morgan fingerprint density at radius 3 is 2.69 bits per heavy atom. The predicted octanol–water partition coefficient (Wildman–Crippen LogP) is 2.30. The lowest BCUT2D eigenvalue weighted by Crippen LogP contribution is -2.41. The van der Waals surface area contributed by atoms with Crippen molar-refractivity contribution in [2.75, 3.05) is 31.6 Å². The molecule has 3 heterocycles. The monoisotopic (exact) mass is 391 g/mol. The van der Waals surface area contributed by atoms with Crippen LogP contribution in [0.3, 0.4) is 0 Å². The smallest absolute Gasteiger partial charge is 0.255 e. The van der Waals surface area contributed by atoms with Gasteiger partial charge in [0.1, 0.15) is 0 Å². The fraction of sp³-hybridized carbons (Fsp3) is 0.238. The van der Waals surface area contributed by atoms with Gasteiger partial charge in [-0.15, -0.1) is 0 Å². The van der Waals surface area contributed by atoms with Gasteiger partial charge in [-0.2, -0.15) is 5.10 Å². The highest BCUT2D eigenvalue weighted by Gasteiger charge is 2.20. The fourth-order valence-corrected chi connectivity index (χ4v) is 3.16. The molecule has 1 aliphatic heterocycles. The highest BCUT2D eigenvalue weighted by molar-refractivity contribution is 6.05. The van der Waals surface area contributed by atoms with Gasteiger partial charge in [0.15, 0.2) is 5.82 Å². The van der Waals surface area contributed by atoms with Gasteiger partial charge in [0.25, 0.3) is 11.8 Å². The van der Waals surface area contributed by atoms with Crippen molar-refractivity contribution in [3.8, 4) is 5.82 Å². The molecular formula is C21H21N5O3. The molecule has 1 fully saturated rings. The topological polar surface area (TPSA) is 89.3 Å². The molecule has 2 aromatic heterocycles. The fourth-order valence-electron chi connectivity index (χ4n) is 3.16.